The molecule has 0 bridgehead atoms. The number of halogens is 2. The van der Waals surface area contributed by atoms with Crippen LogP contribution in [0, 0.1) is 5.82 Å². The van der Waals surface area contributed by atoms with Crippen LogP contribution in [0.4, 0.5) is 4.39 Å². The maximum atomic E-state index is 12.9. The molecule has 0 saturated carbocycles. The van der Waals surface area contributed by atoms with Crippen molar-refractivity contribution < 1.29 is 19.0 Å². The molecule has 1 saturated heterocycles. The van der Waals surface area contributed by atoms with E-state index in [1.165, 1.54) is 18.2 Å². The number of nitrogens with one attached hydrogen (secondary N) is 1. The number of rotatable bonds is 4. The predicted octanol–water partition coefficient (Wildman–Crippen LogP) is 1.29. The smallest absolute Gasteiger partial charge is 0.224 e. The van der Waals surface area contributed by atoms with Gasteiger partial charge in [0.05, 0.1) is 13.0 Å². The molecule has 1 aliphatic rings. The number of carbonyl (C=O) groups excluding carboxylic acids is 1. The fraction of sp³-hybridized carbons (Fsp3) is 0.462. The molecule has 1 aromatic carbocycles. The quantitative estimate of drug-likeness (QED) is 0.877. The van der Waals surface area contributed by atoms with E-state index in [0.29, 0.717) is 18.6 Å². The van der Waals surface area contributed by atoms with Crippen molar-refractivity contribution in [2.75, 3.05) is 19.8 Å². The highest BCUT2D eigenvalue weighted by Gasteiger charge is 2.32. The van der Waals surface area contributed by atoms with Crippen LogP contribution in [0.25, 0.3) is 0 Å². The minimum absolute atomic E-state index is 0.0516. The summed E-state index contributed by atoms with van der Waals surface area (Å²) in [6.07, 6.45) is 0.556. The lowest BCUT2D eigenvalue weighted by Gasteiger charge is -2.20. The Morgan fingerprint density at radius 1 is 1.58 bits per heavy atom. The largest absolute Gasteiger partial charge is 0.386 e. The molecule has 1 aromatic rings. The second kappa shape index (κ2) is 5.86. The number of aliphatic hydroxyl groups is 1. The third-order valence-electron chi connectivity index (χ3n) is 3.06. The van der Waals surface area contributed by atoms with E-state index in [0.717, 1.165) is 0 Å². The van der Waals surface area contributed by atoms with Gasteiger partial charge in [-0.05, 0) is 17.7 Å². The zero-order valence-corrected chi connectivity index (χ0v) is 11.0. The molecule has 0 radical (unpaired) electrons. The number of amides is 1. The molecule has 1 amide bonds. The summed E-state index contributed by atoms with van der Waals surface area (Å²) in [5.41, 5.74) is -0.433. The highest BCUT2D eigenvalue weighted by atomic mass is 35.5. The molecule has 0 aliphatic carbocycles. The van der Waals surface area contributed by atoms with Crippen LogP contribution in [0.1, 0.15) is 12.0 Å². The zero-order chi connectivity index (χ0) is 13.9. The van der Waals surface area contributed by atoms with Crippen LogP contribution in [0.2, 0.25) is 5.02 Å². The lowest BCUT2D eigenvalue weighted by Crippen LogP contribution is -2.43. The molecule has 0 spiro atoms. The van der Waals surface area contributed by atoms with Gasteiger partial charge in [-0.25, -0.2) is 4.39 Å². The van der Waals surface area contributed by atoms with Gasteiger partial charge in [0.2, 0.25) is 5.91 Å². The zero-order valence-electron chi connectivity index (χ0n) is 10.3. The lowest BCUT2D eigenvalue weighted by molar-refractivity contribution is -0.121. The van der Waals surface area contributed by atoms with Crippen LogP contribution in [0.5, 0.6) is 0 Å². The van der Waals surface area contributed by atoms with Gasteiger partial charge in [0, 0.05) is 24.6 Å². The first-order valence-electron chi connectivity index (χ1n) is 5.99. The minimum atomic E-state index is -0.984. The van der Waals surface area contributed by atoms with Gasteiger partial charge in [-0.15, -0.1) is 0 Å². The van der Waals surface area contributed by atoms with Gasteiger partial charge in [-0.2, -0.15) is 0 Å². The first-order valence-corrected chi connectivity index (χ1v) is 6.37. The van der Waals surface area contributed by atoms with Crippen molar-refractivity contribution in [3.8, 4) is 0 Å². The minimum Gasteiger partial charge on any atom is -0.386 e. The number of hydrogen-bond donors (Lipinski definition) is 2. The summed E-state index contributed by atoms with van der Waals surface area (Å²) < 4.78 is 17.9. The Morgan fingerprint density at radius 2 is 2.37 bits per heavy atom. The van der Waals surface area contributed by atoms with E-state index >= 15 is 0 Å². The highest BCUT2D eigenvalue weighted by Crippen LogP contribution is 2.19. The SMILES string of the molecule is O=C(Cc1ccc(F)cc1Cl)NCC1(O)CCOC1. The number of ether oxygens (including phenoxy) is 1. The molecule has 1 aliphatic heterocycles. The average molecular weight is 288 g/mol. The summed E-state index contributed by atoms with van der Waals surface area (Å²) in [5.74, 6) is -0.708. The van der Waals surface area contributed by atoms with E-state index in [2.05, 4.69) is 5.32 Å². The maximum Gasteiger partial charge on any atom is 0.224 e. The second-order valence-electron chi connectivity index (χ2n) is 4.72. The average Bonchev–Trinajstić information content (AvgIpc) is 2.78. The molecular weight excluding hydrogens is 273 g/mol. The lowest BCUT2D eigenvalue weighted by atomic mass is 10.0. The van der Waals surface area contributed by atoms with Gasteiger partial charge >= 0.3 is 0 Å². The first-order chi connectivity index (χ1) is 8.98. The topological polar surface area (TPSA) is 58.6 Å². The summed E-state index contributed by atoms with van der Waals surface area (Å²) in [6, 6.07) is 3.90. The summed E-state index contributed by atoms with van der Waals surface area (Å²) >= 11 is 5.84. The molecule has 2 N–H and O–H groups in total. The highest BCUT2D eigenvalue weighted by molar-refractivity contribution is 6.31. The van der Waals surface area contributed by atoms with Crippen molar-refractivity contribution in [3.63, 3.8) is 0 Å². The summed E-state index contributed by atoms with van der Waals surface area (Å²) in [5, 5.41) is 12.8. The van der Waals surface area contributed by atoms with Gasteiger partial charge in [0.15, 0.2) is 0 Å². The monoisotopic (exact) mass is 287 g/mol. The van der Waals surface area contributed by atoms with Crippen LogP contribution >= 0.6 is 11.6 Å². The summed E-state index contributed by atoms with van der Waals surface area (Å²) in [6.45, 7) is 0.866. The standard InChI is InChI=1S/C13H15ClFNO3/c14-11-6-10(15)2-1-9(11)5-12(17)16-7-13(18)3-4-19-8-13/h1-2,6,18H,3-5,7-8H2,(H,16,17). The molecule has 6 heteroatoms. The third-order valence-corrected chi connectivity index (χ3v) is 3.42. The van der Waals surface area contributed by atoms with Crippen LogP contribution in [-0.4, -0.2) is 36.4 Å². The van der Waals surface area contributed by atoms with Crippen LogP contribution in [0.3, 0.4) is 0 Å². The van der Waals surface area contributed by atoms with Gasteiger partial charge in [0.1, 0.15) is 11.4 Å². The Kier molecular flexibility index (Phi) is 4.39. The Morgan fingerprint density at radius 3 is 3.00 bits per heavy atom. The maximum absolute atomic E-state index is 12.9. The van der Waals surface area contributed by atoms with E-state index < -0.39 is 11.4 Å². The number of carbonyl (C=O) groups is 1. The molecule has 0 aromatic heterocycles. The van der Waals surface area contributed by atoms with Crippen LogP contribution in [-0.2, 0) is 16.0 Å². The third kappa shape index (κ3) is 3.89. The van der Waals surface area contributed by atoms with E-state index in [-0.39, 0.29) is 30.5 Å². The molecule has 1 heterocycles. The van der Waals surface area contributed by atoms with E-state index in [1.54, 1.807) is 0 Å². The Labute approximate surface area is 115 Å². The van der Waals surface area contributed by atoms with Gasteiger partial charge in [-0.3, -0.25) is 4.79 Å². The fourth-order valence-corrected chi connectivity index (χ4v) is 2.13. The number of benzene rings is 1. The van der Waals surface area contributed by atoms with Gasteiger partial charge in [0.25, 0.3) is 0 Å². The van der Waals surface area contributed by atoms with Crippen molar-refractivity contribution in [3.05, 3.63) is 34.6 Å². The molecule has 4 nitrogen and oxygen atoms in total. The molecule has 19 heavy (non-hydrogen) atoms. The molecule has 1 atom stereocenters. The van der Waals surface area contributed by atoms with Gasteiger partial charge < -0.3 is 15.2 Å². The summed E-state index contributed by atoms with van der Waals surface area (Å²) in [7, 11) is 0. The molecule has 2 rings (SSSR count). The van der Waals surface area contributed by atoms with Crippen molar-refractivity contribution in [1.82, 2.24) is 5.32 Å². The predicted molar refractivity (Wildman–Crippen MR) is 68.5 cm³/mol. The normalized spacial score (nSPS) is 22.5. The van der Waals surface area contributed by atoms with E-state index in [4.69, 9.17) is 16.3 Å². The first kappa shape index (κ1) is 14.2. The van der Waals surface area contributed by atoms with Crippen molar-refractivity contribution in [2.45, 2.75) is 18.4 Å². The summed E-state index contributed by atoms with van der Waals surface area (Å²) in [4.78, 5) is 11.7. The Bertz CT molecular complexity index is 475. The van der Waals surface area contributed by atoms with Crippen molar-refractivity contribution in [2.24, 2.45) is 0 Å². The Balaban J connectivity index is 1.87. The van der Waals surface area contributed by atoms with Crippen molar-refractivity contribution >= 4 is 17.5 Å². The molecular formula is C13H15ClFNO3. The fourth-order valence-electron chi connectivity index (χ4n) is 1.90. The second-order valence-corrected chi connectivity index (χ2v) is 5.12. The van der Waals surface area contributed by atoms with Crippen LogP contribution < -0.4 is 5.32 Å². The molecule has 104 valence electrons. The molecule has 1 fully saturated rings. The van der Waals surface area contributed by atoms with E-state index in [1.807, 2.05) is 0 Å². The number of hydrogen-bond acceptors (Lipinski definition) is 3. The van der Waals surface area contributed by atoms with Crippen LogP contribution in [0.15, 0.2) is 18.2 Å². The van der Waals surface area contributed by atoms with Crippen molar-refractivity contribution in [1.29, 1.82) is 0 Å². The molecule has 1 unspecified atom stereocenters. The van der Waals surface area contributed by atoms with E-state index in [9.17, 15) is 14.3 Å². The Hall–Kier alpha value is -1.17. The van der Waals surface area contributed by atoms with Gasteiger partial charge in [-0.1, -0.05) is 17.7 Å².